The molecule has 2 aromatic rings. The minimum Gasteiger partial charge on any atom is -0.303 e. The summed E-state index contributed by atoms with van der Waals surface area (Å²) in [6, 6.07) is 8.27. The van der Waals surface area contributed by atoms with Gasteiger partial charge in [-0.05, 0) is 19.9 Å². The largest absolute Gasteiger partial charge is 0.303 e. The number of hydrogen-bond donors (Lipinski definition) is 1. The van der Waals surface area contributed by atoms with Gasteiger partial charge in [0.25, 0.3) is 0 Å². The van der Waals surface area contributed by atoms with E-state index in [4.69, 9.17) is 23.2 Å². The van der Waals surface area contributed by atoms with Crippen molar-refractivity contribution in [2.75, 3.05) is 11.8 Å². The summed E-state index contributed by atoms with van der Waals surface area (Å²) >= 11 is 11.9. The highest BCUT2D eigenvalue weighted by Crippen LogP contribution is 2.19. The number of nitrogens with zero attached hydrogens (tertiary/aromatic N) is 2. The van der Waals surface area contributed by atoms with Crippen LogP contribution in [0.15, 0.2) is 24.3 Å². The molecule has 0 bridgehead atoms. The van der Waals surface area contributed by atoms with Crippen molar-refractivity contribution in [3.8, 4) is 0 Å². The SMILES string of the molecule is CCn1nc(CNC(C)(CCl)CCl)c2ccccc21. The number of aromatic nitrogens is 2. The van der Waals surface area contributed by atoms with E-state index >= 15 is 0 Å². The number of rotatable bonds is 6. The van der Waals surface area contributed by atoms with Crippen LogP contribution in [0.2, 0.25) is 0 Å². The molecule has 0 atom stereocenters. The van der Waals surface area contributed by atoms with Crippen molar-refractivity contribution in [2.45, 2.75) is 32.5 Å². The van der Waals surface area contributed by atoms with Crippen molar-refractivity contribution in [2.24, 2.45) is 0 Å². The molecule has 0 aliphatic carbocycles. The summed E-state index contributed by atoms with van der Waals surface area (Å²) in [5.41, 5.74) is 1.94. The number of fused-ring (bicyclic) bond motifs is 1. The monoisotopic (exact) mass is 299 g/mol. The second kappa shape index (κ2) is 6.12. The topological polar surface area (TPSA) is 29.9 Å². The standard InChI is InChI=1S/C14H19Cl2N3/c1-3-19-13-7-5-4-6-11(13)12(18-19)8-17-14(2,9-15)10-16/h4-7,17H,3,8-10H2,1-2H3. The van der Waals surface area contributed by atoms with Crippen LogP contribution < -0.4 is 5.32 Å². The Morgan fingerprint density at radius 2 is 1.95 bits per heavy atom. The molecule has 0 saturated carbocycles. The average Bonchev–Trinajstić information content (AvgIpc) is 2.83. The second-order valence-electron chi connectivity index (χ2n) is 4.96. The van der Waals surface area contributed by atoms with Crippen LogP contribution in [0.4, 0.5) is 0 Å². The predicted molar refractivity (Wildman–Crippen MR) is 82.1 cm³/mol. The number of aryl methyl sites for hydroxylation is 1. The van der Waals surface area contributed by atoms with Gasteiger partial charge in [-0.25, -0.2) is 0 Å². The normalized spacial score (nSPS) is 12.2. The second-order valence-corrected chi connectivity index (χ2v) is 5.50. The van der Waals surface area contributed by atoms with Gasteiger partial charge >= 0.3 is 0 Å². The zero-order chi connectivity index (χ0) is 13.9. The molecule has 0 amide bonds. The van der Waals surface area contributed by atoms with Gasteiger partial charge < -0.3 is 5.32 Å². The van der Waals surface area contributed by atoms with E-state index < -0.39 is 0 Å². The molecule has 104 valence electrons. The fraction of sp³-hybridized carbons (Fsp3) is 0.500. The van der Waals surface area contributed by atoms with Gasteiger partial charge in [0, 0.05) is 35.8 Å². The zero-order valence-electron chi connectivity index (χ0n) is 11.3. The highest BCUT2D eigenvalue weighted by atomic mass is 35.5. The Hall–Kier alpha value is -0.770. The summed E-state index contributed by atoms with van der Waals surface area (Å²) in [5, 5.41) is 9.23. The molecule has 0 fully saturated rings. The van der Waals surface area contributed by atoms with E-state index in [2.05, 4.69) is 29.5 Å². The Labute approximate surface area is 123 Å². The van der Waals surface area contributed by atoms with Gasteiger partial charge in [0.15, 0.2) is 0 Å². The summed E-state index contributed by atoms with van der Waals surface area (Å²) < 4.78 is 2.02. The van der Waals surface area contributed by atoms with Gasteiger partial charge in [0.1, 0.15) is 0 Å². The molecule has 0 unspecified atom stereocenters. The van der Waals surface area contributed by atoms with Gasteiger partial charge in [-0.2, -0.15) is 5.10 Å². The maximum absolute atomic E-state index is 5.95. The maximum Gasteiger partial charge on any atom is 0.0841 e. The lowest BCUT2D eigenvalue weighted by Gasteiger charge is -2.25. The third kappa shape index (κ3) is 3.04. The summed E-state index contributed by atoms with van der Waals surface area (Å²) in [4.78, 5) is 0. The lowest BCUT2D eigenvalue weighted by Crippen LogP contribution is -2.45. The van der Waals surface area contributed by atoms with Crippen LogP contribution in [-0.2, 0) is 13.1 Å². The molecule has 1 heterocycles. The molecular formula is C14H19Cl2N3. The van der Waals surface area contributed by atoms with Crippen LogP contribution in [0.25, 0.3) is 10.9 Å². The summed E-state index contributed by atoms with van der Waals surface area (Å²) in [6.45, 7) is 5.65. The van der Waals surface area contributed by atoms with E-state index in [0.717, 1.165) is 12.2 Å². The molecule has 2 rings (SSSR count). The number of nitrogens with one attached hydrogen (secondary N) is 1. The molecule has 1 aromatic heterocycles. The molecule has 3 nitrogen and oxygen atoms in total. The molecule has 5 heteroatoms. The fourth-order valence-corrected chi connectivity index (χ4v) is 2.47. The van der Waals surface area contributed by atoms with Crippen LogP contribution in [-0.4, -0.2) is 27.1 Å². The molecule has 0 aliphatic heterocycles. The lowest BCUT2D eigenvalue weighted by molar-refractivity contribution is 0.430. The first-order valence-corrected chi connectivity index (χ1v) is 7.52. The van der Waals surface area contributed by atoms with Gasteiger partial charge in [0.05, 0.1) is 11.2 Å². The molecule has 19 heavy (non-hydrogen) atoms. The molecule has 1 N–H and O–H groups in total. The van der Waals surface area contributed by atoms with E-state index in [1.54, 1.807) is 0 Å². The van der Waals surface area contributed by atoms with Crippen molar-refractivity contribution in [3.05, 3.63) is 30.0 Å². The quantitative estimate of drug-likeness (QED) is 0.829. The molecule has 0 spiro atoms. The molecular weight excluding hydrogens is 281 g/mol. The van der Waals surface area contributed by atoms with E-state index in [9.17, 15) is 0 Å². The van der Waals surface area contributed by atoms with E-state index in [1.165, 1.54) is 10.9 Å². The number of alkyl halides is 2. The van der Waals surface area contributed by atoms with Crippen LogP contribution >= 0.6 is 23.2 Å². The minimum absolute atomic E-state index is 0.264. The number of halogens is 2. The Morgan fingerprint density at radius 3 is 2.58 bits per heavy atom. The molecule has 0 radical (unpaired) electrons. The van der Waals surface area contributed by atoms with Gasteiger partial charge in [-0.1, -0.05) is 18.2 Å². The number of benzene rings is 1. The average molecular weight is 300 g/mol. The molecule has 0 aliphatic rings. The highest BCUT2D eigenvalue weighted by molar-refractivity contribution is 6.22. The van der Waals surface area contributed by atoms with Crippen LogP contribution in [0, 0.1) is 0 Å². The van der Waals surface area contributed by atoms with Crippen LogP contribution in [0.3, 0.4) is 0 Å². The summed E-state index contributed by atoms with van der Waals surface area (Å²) in [6.07, 6.45) is 0. The Morgan fingerprint density at radius 1 is 1.26 bits per heavy atom. The fourth-order valence-electron chi connectivity index (χ4n) is 2.00. The summed E-state index contributed by atoms with van der Waals surface area (Å²) in [7, 11) is 0. The first-order chi connectivity index (χ1) is 9.13. The van der Waals surface area contributed by atoms with Gasteiger partial charge in [-0.15, -0.1) is 23.2 Å². The third-order valence-corrected chi connectivity index (χ3v) is 4.49. The maximum atomic E-state index is 5.95. The van der Waals surface area contributed by atoms with E-state index in [0.29, 0.717) is 18.3 Å². The Kier molecular flexibility index (Phi) is 4.71. The number of hydrogen-bond acceptors (Lipinski definition) is 2. The minimum atomic E-state index is -0.264. The first-order valence-electron chi connectivity index (χ1n) is 6.45. The van der Waals surface area contributed by atoms with Crippen LogP contribution in [0.5, 0.6) is 0 Å². The van der Waals surface area contributed by atoms with Gasteiger partial charge in [-0.3, -0.25) is 4.68 Å². The third-order valence-electron chi connectivity index (χ3n) is 3.31. The van der Waals surface area contributed by atoms with E-state index in [1.807, 2.05) is 23.7 Å². The van der Waals surface area contributed by atoms with Crippen molar-refractivity contribution >= 4 is 34.1 Å². The van der Waals surface area contributed by atoms with Crippen molar-refractivity contribution < 1.29 is 0 Å². The molecule has 1 aromatic carbocycles. The molecule has 0 saturated heterocycles. The highest BCUT2D eigenvalue weighted by Gasteiger charge is 2.22. The zero-order valence-corrected chi connectivity index (χ0v) is 12.8. The lowest BCUT2D eigenvalue weighted by atomic mass is 10.1. The number of para-hydroxylation sites is 1. The smallest absolute Gasteiger partial charge is 0.0841 e. The Balaban J connectivity index is 2.26. The van der Waals surface area contributed by atoms with Crippen molar-refractivity contribution in [1.82, 2.24) is 15.1 Å². The Bertz CT molecular complexity index is 547. The summed E-state index contributed by atoms with van der Waals surface area (Å²) in [5.74, 6) is 0.950. The first kappa shape index (κ1) is 14.6. The van der Waals surface area contributed by atoms with E-state index in [-0.39, 0.29) is 5.54 Å². The van der Waals surface area contributed by atoms with Gasteiger partial charge in [0.2, 0.25) is 0 Å². The van der Waals surface area contributed by atoms with Crippen LogP contribution in [0.1, 0.15) is 19.5 Å². The predicted octanol–water partition coefficient (Wildman–Crippen LogP) is 3.38. The van der Waals surface area contributed by atoms with Crippen molar-refractivity contribution in [1.29, 1.82) is 0 Å². The van der Waals surface area contributed by atoms with Crippen molar-refractivity contribution in [3.63, 3.8) is 0 Å².